The number of nitrogens with zero attached hydrogens (tertiary/aromatic N) is 3. The third-order valence-corrected chi connectivity index (χ3v) is 3.52. The fourth-order valence-electron chi connectivity index (χ4n) is 2.30. The summed E-state index contributed by atoms with van der Waals surface area (Å²) in [5, 5.41) is 17.2. The summed E-state index contributed by atoms with van der Waals surface area (Å²) >= 11 is 0. The molecule has 0 saturated carbocycles. The largest absolute Gasteiger partial charge is 0.370 e. The lowest BCUT2D eigenvalue weighted by atomic mass is 10.2. The van der Waals surface area contributed by atoms with E-state index in [1.807, 2.05) is 18.2 Å². The van der Waals surface area contributed by atoms with E-state index in [-0.39, 0.29) is 11.1 Å². The first-order valence-corrected chi connectivity index (χ1v) is 7.71. The fourth-order valence-corrected chi connectivity index (χ4v) is 2.30. The number of non-ortho nitro benzene ring substituents is 1. The Morgan fingerprint density at radius 3 is 2.76 bits per heavy atom. The molecule has 0 radical (unpaired) electrons. The van der Waals surface area contributed by atoms with Crippen molar-refractivity contribution in [2.24, 2.45) is 0 Å². The highest BCUT2D eigenvalue weighted by atomic mass is 16.6. The Hall–Kier alpha value is -3.49. The minimum atomic E-state index is -0.542. The Morgan fingerprint density at radius 1 is 1.16 bits per heavy atom. The summed E-state index contributed by atoms with van der Waals surface area (Å²) in [5.41, 5.74) is -0.146. The third kappa shape index (κ3) is 4.08. The van der Waals surface area contributed by atoms with Gasteiger partial charge >= 0.3 is 0 Å². The number of hydrogen-bond acceptors (Lipinski definition) is 7. The van der Waals surface area contributed by atoms with Gasteiger partial charge in [-0.2, -0.15) is 0 Å². The molecule has 9 heteroatoms. The second-order valence-electron chi connectivity index (χ2n) is 5.30. The number of fused-ring (bicyclic) bond motifs is 1. The molecular weight excluding hydrogens is 324 g/mol. The van der Waals surface area contributed by atoms with Crippen molar-refractivity contribution < 1.29 is 4.92 Å². The van der Waals surface area contributed by atoms with Crippen LogP contribution in [0.15, 0.2) is 47.4 Å². The van der Waals surface area contributed by atoms with Gasteiger partial charge in [0.1, 0.15) is 5.82 Å². The molecule has 0 amide bonds. The van der Waals surface area contributed by atoms with Crippen LogP contribution < -0.4 is 16.2 Å². The van der Waals surface area contributed by atoms with Crippen LogP contribution in [0.4, 0.5) is 17.5 Å². The van der Waals surface area contributed by atoms with E-state index >= 15 is 0 Å². The molecule has 0 aliphatic rings. The molecule has 0 aliphatic heterocycles. The summed E-state index contributed by atoms with van der Waals surface area (Å²) in [6, 6.07) is 9.66. The van der Waals surface area contributed by atoms with Gasteiger partial charge in [-0.1, -0.05) is 6.07 Å². The highest BCUT2D eigenvalue weighted by Gasteiger charge is 2.10. The third-order valence-electron chi connectivity index (χ3n) is 3.52. The van der Waals surface area contributed by atoms with Gasteiger partial charge in [0.2, 0.25) is 5.95 Å². The Bertz CT molecular complexity index is 942. The van der Waals surface area contributed by atoms with Crippen LogP contribution in [0.25, 0.3) is 10.9 Å². The van der Waals surface area contributed by atoms with E-state index < -0.39 is 10.5 Å². The van der Waals surface area contributed by atoms with Gasteiger partial charge in [-0.05, 0) is 24.6 Å². The van der Waals surface area contributed by atoms with Crippen molar-refractivity contribution in [3.05, 3.63) is 63.1 Å². The number of nitro groups is 1. The van der Waals surface area contributed by atoms with Gasteiger partial charge in [0.15, 0.2) is 0 Å². The normalized spacial score (nSPS) is 10.6. The first-order valence-electron chi connectivity index (χ1n) is 7.71. The van der Waals surface area contributed by atoms with E-state index in [0.29, 0.717) is 24.6 Å². The molecule has 1 aromatic carbocycles. The van der Waals surface area contributed by atoms with E-state index in [1.54, 1.807) is 6.20 Å². The van der Waals surface area contributed by atoms with Gasteiger partial charge < -0.3 is 10.6 Å². The second kappa shape index (κ2) is 7.39. The topological polar surface area (TPSA) is 126 Å². The Labute approximate surface area is 142 Å². The lowest BCUT2D eigenvalue weighted by molar-refractivity contribution is -0.384. The number of nitrogens with one attached hydrogen (secondary N) is 3. The van der Waals surface area contributed by atoms with Crippen LogP contribution in [0, 0.1) is 10.1 Å². The van der Waals surface area contributed by atoms with E-state index in [1.165, 1.54) is 18.2 Å². The first-order chi connectivity index (χ1) is 12.1. The van der Waals surface area contributed by atoms with Crippen LogP contribution in [-0.4, -0.2) is 33.0 Å². The van der Waals surface area contributed by atoms with Crippen LogP contribution in [0.1, 0.15) is 6.42 Å². The monoisotopic (exact) mass is 340 g/mol. The van der Waals surface area contributed by atoms with Crippen molar-refractivity contribution in [2.45, 2.75) is 6.42 Å². The van der Waals surface area contributed by atoms with Gasteiger partial charge in [0.05, 0.1) is 15.8 Å². The van der Waals surface area contributed by atoms with Crippen molar-refractivity contribution >= 4 is 28.4 Å². The summed E-state index contributed by atoms with van der Waals surface area (Å²) in [4.78, 5) is 33.3. The van der Waals surface area contributed by atoms with Crippen molar-refractivity contribution in [1.82, 2.24) is 15.0 Å². The maximum absolute atomic E-state index is 12.1. The number of H-pyrrole nitrogens is 1. The minimum absolute atomic E-state index is 0.138. The molecule has 3 rings (SSSR count). The summed E-state index contributed by atoms with van der Waals surface area (Å²) in [5.74, 6) is 1.14. The van der Waals surface area contributed by atoms with Crippen LogP contribution >= 0.6 is 0 Å². The molecule has 2 aromatic heterocycles. The number of benzene rings is 1. The second-order valence-corrected chi connectivity index (χ2v) is 5.30. The van der Waals surface area contributed by atoms with E-state index in [4.69, 9.17) is 0 Å². The van der Waals surface area contributed by atoms with Crippen molar-refractivity contribution in [3.63, 3.8) is 0 Å². The van der Waals surface area contributed by atoms with Gasteiger partial charge in [0.25, 0.3) is 11.2 Å². The average Bonchev–Trinajstić information content (AvgIpc) is 2.62. The summed E-state index contributed by atoms with van der Waals surface area (Å²) in [6.07, 6.45) is 2.51. The Morgan fingerprint density at radius 2 is 2.00 bits per heavy atom. The number of anilines is 2. The highest BCUT2D eigenvalue weighted by molar-refractivity contribution is 5.80. The molecule has 0 spiro atoms. The van der Waals surface area contributed by atoms with E-state index in [9.17, 15) is 14.9 Å². The predicted octanol–water partition coefficient (Wildman–Crippen LogP) is 2.14. The smallest absolute Gasteiger partial charge is 0.270 e. The van der Waals surface area contributed by atoms with Gasteiger partial charge in [-0.15, -0.1) is 0 Å². The number of rotatable bonds is 7. The summed E-state index contributed by atoms with van der Waals surface area (Å²) < 4.78 is 0. The van der Waals surface area contributed by atoms with Crippen LogP contribution in [0.3, 0.4) is 0 Å². The Kier molecular flexibility index (Phi) is 4.84. The molecule has 0 fully saturated rings. The van der Waals surface area contributed by atoms with Crippen molar-refractivity contribution in [2.75, 3.05) is 23.7 Å². The fraction of sp³-hybridized carbons (Fsp3) is 0.188. The molecule has 0 aliphatic carbocycles. The van der Waals surface area contributed by atoms with Gasteiger partial charge in [0, 0.05) is 31.4 Å². The van der Waals surface area contributed by atoms with Crippen LogP contribution in [0.5, 0.6) is 0 Å². The van der Waals surface area contributed by atoms with Crippen LogP contribution in [0.2, 0.25) is 0 Å². The molecule has 0 atom stereocenters. The number of nitro benzene ring substituents is 1. The maximum atomic E-state index is 12.1. The Balaban J connectivity index is 1.59. The van der Waals surface area contributed by atoms with E-state index in [2.05, 4.69) is 25.6 Å². The lowest BCUT2D eigenvalue weighted by Crippen LogP contribution is -2.16. The molecule has 3 N–H and O–H groups in total. The zero-order chi connectivity index (χ0) is 17.6. The van der Waals surface area contributed by atoms with Crippen molar-refractivity contribution in [3.8, 4) is 0 Å². The molecule has 0 bridgehead atoms. The summed E-state index contributed by atoms with van der Waals surface area (Å²) in [6.45, 7) is 1.31. The molecule has 3 aromatic rings. The molecular formula is C16H16N6O3. The van der Waals surface area contributed by atoms with E-state index in [0.717, 1.165) is 12.2 Å². The highest BCUT2D eigenvalue weighted by Crippen LogP contribution is 2.17. The van der Waals surface area contributed by atoms with Gasteiger partial charge in [-0.3, -0.25) is 19.9 Å². The number of aromatic amines is 1. The SMILES string of the molecule is O=c1[nH]c(NCCCNc2ccccn2)nc2ccc([N+](=O)[O-])cc12. The molecule has 2 heterocycles. The minimum Gasteiger partial charge on any atom is -0.370 e. The number of pyridine rings is 1. The number of aromatic nitrogens is 3. The molecule has 9 nitrogen and oxygen atoms in total. The zero-order valence-electron chi connectivity index (χ0n) is 13.2. The number of hydrogen-bond donors (Lipinski definition) is 3. The predicted molar refractivity (Wildman–Crippen MR) is 94.9 cm³/mol. The average molecular weight is 340 g/mol. The lowest BCUT2D eigenvalue weighted by Gasteiger charge is -2.07. The summed E-state index contributed by atoms with van der Waals surface area (Å²) in [7, 11) is 0. The van der Waals surface area contributed by atoms with Crippen LogP contribution in [-0.2, 0) is 0 Å². The zero-order valence-corrected chi connectivity index (χ0v) is 13.2. The van der Waals surface area contributed by atoms with Gasteiger partial charge in [-0.25, -0.2) is 9.97 Å². The molecule has 0 unspecified atom stereocenters. The standard InChI is InChI=1S/C16H16N6O3/c23-15-12-10-11(22(24)25)5-6-13(12)20-16(21-15)19-9-3-8-18-14-4-1-2-7-17-14/h1-2,4-7,10H,3,8-9H2,(H,17,18)(H2,19,20,21,23). The first kappa shape index (κ1) is 16.4. The quantitative estimate of drug-likeness (QED) is 0.342. The molecule has 128 valence electrons. The van der Waals surface area contributed by atoms with Crippen molar-refractivity contribution in [1.29, 1.82) is 0 Å². The molecule has 25 heavy (non-hydrogen) atoms. The molecule has 0 saturated heterocycles. The maximum Gasteiger partial charge on any atom is 0.270 e.